The molecule has 37 heavy (non-hydrogen) atoms. The molecule has 1 unspecified atom stereocenters. The number of hydrogen-bond donors (Lipinski definition) is 4. The second-order valence-corrected chi connectivity index (χ2v) is 8.88. The Morgan fingerprint density at radius 1 is 0.973 bits per heavy atom. The first-order chi connectivity index (χ1) is 17.8. The van der Waals surface area contributed by atoms with Crippen molar-refractivity contribution in [2.75, 3.05) is 11.4 Å². The summed E-state index contributed by atoms with van der Waals surface area (Å²) in [5, 5.41) is 20.0. The molecule has 0 fully saturated rings. The number of carboxylic acids is 1. The van der Waals surface area contributed by atoms with Gasteiger partial charge < -0.3 is 21.1 Å². The molecule has 0 aromatic heterocycles. The van der Waals surface area contributed by atoms with Gasteiger partial charge in [0.25, 0.3) is 0 Å². The van der Waals surface area contributed by atoms with Gasteiger partial charge in [-0.2, -0.15) is 0 Å². The minimum absolute atomic E-state index is 0.0522. The highest BCUT2D eigenvalue weighted by Crippen LogP contribution is 2.30. The van der Waals surface area contributed by atoms with E-state index in [9.17, 15) is 19.5 Å². The molecule has 0 saturated heterocycles. The number of nitrogens with two attached hydrogens (primary N) is 1. The Bertz CT molecular complexity index is 1290. The van der Waals surface area contributed by atoms with Crippen LogP contribution in [0.5, 0.6) is 0 Å². The van der Waals surface area contributed by atoms with Gasteiger partial charge in [-0.15, -0.1) is 0 Å². The zero-order valence-electron chi connectivity index (χ0n) is 20.3. The van der Waals surface area contributed by atoms with Gasteiger partial charge in [0.05, 0.1) is 12.1 Å². The topological polar surface area (TPSA) is 140 Å². The first kappa shape index (κ1) is 25.4. The van der Waals surface area contributed by atoms with Crippen molar-refractivity contribution >= 4 is 29.4 Å². The molecule has 1 aliphatic rings. The lowest BCUT2D eigenvalue weighted by Gasteiger charge is -2.30. The number of carbonyl (C=O) groups excluding carboxylic acids is 2. The van der Waals surface area contributed by atoms with Crippen molar-refractivity contribution in [1.82, 2.24) is 10.2 Å². The molecule has 1 atom stereocenters. The maximum Gasteiger partial charge on any atom is 0.322 e. The van der Waals surface area contributed by atoms with Gasteiger partial charge in [0.15, 0.2) is 0 Å². The molecule has 0 aliphatic carbocycles. The van der Waals surface area contributed by atoms with E-state index < -0.39 is 30.4 Å². The van der Waals surface area contributed by atoms with Crippen LogP contribution in [0.2, 0.25) is 0 Å². The summed E-state index contributed by atoms with van der Waals surface area (Å²) >= 11 is 0. The molecular formula is C28H29N5O4. The second kappa shape index (κ2) is 11.4. The minimum atomic E-state index is -1.20. The summed E-state index contributed by atoms with van der Waals surface area (Å²) < 4.78 is 0. The van der Waals surface area contributed by atoms with E-state index in [4.69, 9.17) is 11.1 Å². The van der Waals surface area contributed by atoms with E-state index in [-0.39, 0.29) is 18.9 Å². The Labute approximate surface area is 215 Å². The highest BCUT2D eigenvalue weighted by Gasteiger charge is 2.39. The molecule has 0 radical (unpaired) electrons. The molecule has 9 heteroatoms. The Kier molecular flexibility index (Phi) is 7.83. The number of hydrogen-bond acceptors (Lipinski definition) is 4. The standard InChI is InChI=1S/C28H29N5O4/c29-26(30)21-12-10-20(11-13-21)17-31-28(37)33-23-9-5-4-8-22(23)18-32(27(36)24(33)16-25(34)35)15-14-19-6-2-1-3-7-19/h1-13,24H,14-18H2,(H3,29,30)(H,31,37)(H,34,35). The van der Waals surface area contributed by atoms with Crippen LogP contribution >= 0.6 is 0 Å². The molecule has 0 spiro atoms. The van der Waals surface area contributed by atoms with Gasteiger partial charge in [-0.25, -0.2) is 4.79 Å². The predicted octanol–water partition coefficient (Wildman–Crippen LogP) is 3.12. The van der Waals surface area contributed by atoms with Crippen molar-refractivity contribution in [3.63, 3.8) is 0 Å². The van der Waals surface area contributed by atoms with Gasteiger partial charge in [-0.3, -0.25) is 19.9 Å². The molecule has 3 amide bonds. The van der Waals surface area contributed by atoms with Crippen LogP contribution in [0.4, 0.5) is 10.5 Å². The fraction of sp³-hybridized carbons (Fsp3) is 0.214. The van der Waals surface area contributed by atoms with Gasteiger partial charge in [0.2, 0.25) is 5.91 Å². The number of carbonyl (C=O) groups is 3. The van der Waals surface area contributed by atoms with Crippen LogP contribution < -0.4 is 16.0 Å². The number of nitrogens with one attached hydrogen (secondary N) is 2. The summed E-state index contributed by atoms with van der Waals surface area (Å²) in [6.45, 7) is 0.820. The number of nitrogens with zero attached hydrogens (tertiary/aromatic N) is 2. The molecular weight excluding hydrogens is 470 g/mol. The van der Waals surface area contributed by atoms with Gasteiger partial charge in [-0.05, 0) is 29.2 Å². The molecule has 190 valence electrons. The van der Waals surface area contributed by atoms with Gasteiger partial charge in [-0.1, -0.05) is 72.8 Å². The quantitative estimate of drug-likeness (QED) is 0.279. The van der Waals surface area contributed by atoms with Crippen molar-refractivity contribution in [1.29, 1.82) is 5.41 Å². The van der Waals surface area contributed by atoms with E-state index in [1.54, 1.807) is 41.3 Å². The first-order valence-electron chi connectivity index (χ1n) is 12.0. The number of carboxylic acid groups (broad SMARTS) is 1. The Morgan fingerprint density at radius 3 is 2.32 bits per heavy atom. The predicted molar refractivity (Wildman–Crippen MR) is 140 cm³/mol. The summed E-state index contributed by atoms with van der Waals surface area (Å²) in [6, 6.07) is 22.0. The van der Waals surface area contributed by atoms with E-state index in [0.717, 1.165) is 16.7 Å². The molecule has 4 rings (SSSR count). The van der Waals surface area contributed by atoms with Crippen molar-refractivity contribution < 1.29 is 19.5 Å². The van der Waals surface area contributed by atoms with Crippen LogP contribution in [0.1, 0.15) is 28.7 Å². The molecule has 9 nitrogen and oxygen atoms in total. The number of aliphatic carboxylic acids is 1. The summed E-state index contributed by atoms with van der Waals surface area (Å²) in [7, 11) is 0. The number of urea groups is 1. The highest BCUT2D eigenvalue weighted by atomic mass is 16.4. The molecule has 3 aromatic rings. The lowest BCUT2D eigenvalue weighted by molar-refractivity contribution is -0.142. The lowest BCUT2D eigenvalue weighted by Crippen LogP contribution is -2.53. The first-order valence-corrected chi connectivity index (χ1v) is 12.0. The normalized spacial score (nSPS) is 15.0. The van der Waals surface area contributed by atoms with Crippen LogP contribution in [0.15, 0.2) is 78.9 Å². The minimum Gasteiger partial charge on any atom is -0.481 e. The van der Waals surface area contributed by atoms with E-state index in [0.29, 0.717) is 24.2 Å². The van der Waals surface area contributed by atoms with Crippen LogP contribution in [0.3, 0.4) is 0 Å². The number of nitrogen functional groups attached to an aromatic ring is 1. The van der Waals surface area contributed by atoms with Crippen molar-refractivity contribution in [3.05, 3.63) is 101 Å². The second-order valence-electron chi connectivity index (χ2n) is 8.88. The van der Waals surface area contributed by atoms with Crippen molar-refractivity contribution in [3.8, 4) is 0 Å². The summed E-state index contributed by atoms with van der Waals surface area (Å²) in [6.07, 6.45) is 0.0900. The van der Waals surface area contributed by atoms with Crippen LogP contribution in [-0.2, 0) is 29.1 Å². The maximum atomic E-state index is 13.7. The zero-order valence-corrected chi connectivity index (χ0v) is 20.3. The van der Waals surface area contributed by atoms with Gasteiger partial charge >= 0.3 is 12.0 Å². The third-order valence-electron chi connectivity index (χ3n) is 6.33. The molecule has 1 aliphatic heterocycles. The number of amides is 3. The third kappa shape index (κ3) is 6.13. The Hall–Kier alpha value is -4.66. The third-order valence-corrected chi connectivity index (χ3v) is 6.33. The fourth-order valence-corrected chi connectivity index (χ4v) is 4.41. The largest absolute Gasteiger partial charge is 0.481 e. The Balaban J connectivity index is 1.60. The highest BCUT2D eigenvalue weighted by molar-refractivity contribution is 6.03. The smallest absolute Gasteiger partial charge is 0.322 e. The fourth-order valence-electron chi connectivity index (χ4n) is 4.41. The maximum absolute atomic E-state index is 13.7. The van der Waals surface area contributed by atoms with E-state index in [1.807, 2.05) is 42.5 Å². The van der Waals surface area contributed by atoms with Crippen LogP contribution in [0, 0.1) is 5.41 Å². The van der Waals surface area contributed by atoms with Crippen LogP contribution in [0.25, 0.3) is 0 Å². The number of fused-ring (bicyclic) bond motifs is 1. The zero-order chi connectivity index (χ0) is 26.4. The average Bonchev–Trinajstić information content (AvgIpc) is 3.01. The monoisotopic (exact) mass is 499 g/mol. The number of benzene rings is 3. The SMILES string of the molecule is N=C(N)c1ccc(CNC(=O)N2c3ccccc3CN(CCc3ccccc3)C(=O)C2CC(=O)O)cc1. The number of para-hydroxylation sites is 1. The van der Waals surface area contributed by atoms with Crippen LogP contribution in [-0.4, -0.2) is 46.3 Å². The van der Waals surface area contributed by atoms with Crippen molar-refractivity contribution in [2.24, 2.45) is 5.73 Å². The van der Waals surface area contributed by atoms with Crippen molar-refractivity contribution in [2.45, 2.75) is 32.0 Å². The molecule has 3 aromatic carbocycles. The average molecular weight is 500 g/mol. The number of rotatable bonds is 8. The Morgan fingerprint density at radius 2 is 1.65 bits per heavy atom. The summed E-state index contributed by atoms with van der Waals surface area (Å²) in [5.74, 6) is -1.63. The van der Waals surface area contributed by atoms with Gasteiger partial charge in [0.1, 0.15) is 11.9 Å². The molecule has 0 saturated carbocycles. The molecule has 0 bridgehead atoms. The van der Waals surface area contributed by atoms with E-state index >= 15 is 0 Å². The number of amidine groups is 1. The lowest BCUT2D eigenvalue weighted by atomic mass is 10.1. The molecule has 5 N–H and O–H groups in total. The summed E-state index contributed by atoms with van der Waals surface area (Å²) in [4.78, 5) is 41.9. The number of anilines is 1. The van der Waals surface area contributed by atoms with Gasteiger partial charge in [0, 0.05) is 25.2 Å². The van der Waals surface area contributed by atoms with E-state index in [2.05, 4.69) is 5.32 Å². The molecule has 1 heterocycles. The summed E-state index contributed by atoms with van der Waals surface area (Å²) in [5.41, 5.74) is 9.17. The van der Waals surface area contributed by atoms with E-state index in [1.165, 1.54) is 4.90 Å².